The monoisotopic (exact) mass is 398 g/mol. The van der Waals surface area contributed by atoms with Gasteiger partial charge in [0.2, 0.25) is 0 Å². The highest BCUT2D eigenvalue weighted by atomic mass is 32.1. The van der Waals surface area contributed by atoms with Gasteiger partial charge in [-0.1, -0.05) is 12.1 Å². The number of halogens is 1. The number of nitrogens with zero attached hydrogens (tertiary/aromatic N) is 2. The summed E-state index contributed by atoms with van der Waals surface area (Å²) in [4.78, 5) is 9.32. The molecule has 0 spiro atoms. The van der Waals surface area contributed by atoms with E-state index in [1.54, 1.807) is 19.2 Å². The summed E-state index contributed by atoms with van der Waals surface area (Å²) in [6, 6.07) is 12.6. The highest BCUT2D eigenvalue weighted by molar-refractivity contribution is 7.20. The number of benzene rings is 2. The smallest absolute Gasteiger partial charge is 0.165 e. The van der Waals surface area contributed by atoms with Crippen LogP contribution in [0.4, 0.5) is 4.39 Å². The Balaban J connectivity index is 1.62. The topological polar surface area (TPSA) is 44.2 Å². The molecule has 0 aliphatic rings. The molecule has 2 aromatic heterocycles. The Bertz CT molecular complexity index is 1090. The predicted octanol–water partition coefficient (Wildman–Crippen LogP) is 5.76. The molecule has 2 heterocycles. The highest BCUT2D eigenvalue weighted by Crippen LogP contribution is 2.34. The first-order valence-corrected chi connectivity index (χ1v) is 9.83. The van der Waals surface area contributed by atoms with Gasteiger partial charge in [-0.25, -0.2) is 14.4 Å². The van der Waals surface area contributed by atoms with Gasteiger partial charge in [0.25, 0.3) is 0 Å². The Morgan fingerprint density at radius 3 is 2.07 bits per heavy atom. The van der Waals surface area contributed by atoms with Gasteiger partial charge in [0.05, 0.1) is 25.6 Å². The molecule has 4 aromatic rings. The molecule has 0 radical (unpaired) electrons. The van der Waals surface area contributed by atoms with Crippen LogP contribution in [0.15, 0.2) is 53.2 Å². The average molecular weight is 398 g/mol. The van der Waals surface area contributed by atoms with E-state index in [1.807, 2.05) is 35.0 Å². The van der Waals surface area contributed by atoms with Crippen LogP contribution in [-0.2, 0) is 0 Å². The molecule has 4 nitrogen and oxygen atoms in total. The summed E-state index contributed by atoms with van der Waals surface area (Å²) in [7, 11) is 3.09. The van der Waals surface area contributed by atoms with Crippen LogP contribution in [0.3, 0.4) is 0 Å². The first-order valence-electron chi connectivity index (χ1n) is 8.07. The minimum absolute atomic E-state index is 0.219. The predicted molar refractivity (Wildman–Crippen MR) is 107 cm³/mol. The first-order chi connectivity index (χ1) is 13.2. The van der Waals surface area contributed by atoms with Gasteiger partial charge in [-0.2, -0.15) is 0 Å². The minimum atomic E-state index is -0.404. The van der Waals surface area contributed by atoms with Crippen molar-refractivity contribution >= 4 is 22.7 Å². The fourth-order valence-corrected chi connectivity index (χ4v) is 4.33. The lowest BCUT2D eigenvalue weighted by Crippen LogP contribution is -1.88. The minimum Gasteiger partial charge on any atom is -0.497 e. The van der Waals surface area contributed by atoms with Crippen LogP contribution in [-0.4, -0.2) is 24.2 Å². The van der Waals surface area contributed by atoms with Crippen molar-refractivity contribution in [2.45, 2.75) is 0 Å². The molecule has 0 atom stereocenters. The van der Waals surface area contributed by atoms with Gasteiger partial charge in [-0.15, -0.1) is 22.7 Å². The molecule has 0 N–H and O–H groups in total. The average Bonchev–Trinajstić information content (AvgIpc) is 3.37. The molecule has 0 bridgehead atoms. The Hall–Kier alpha value is -2.77. The van der Waals surface area contributed by atoms with E-state index in [-0.39, 0.29) is 5.75 Å². The van der Waals surface area contributed by atoms with Crippen molar-refractivity contribution in [3.63, 3.8) is 0 Å². The number of thiazole rings is 2. The SMILES string of the molecule is COc1cccc(-c2csc(-c3nc(-c4ccc(OC)c(F)c4)cs3)n2)c1. The molecule has 0 saturated carbocycles. The fourth-order valence-electron chi connectivity index (χ4n) is 2.62. The summed E-state index contributed by atoms with van der Waals surface area (Å²) in [6.07, 6.45) is 0. The lowest BCUT2D eigenvalue weighted by molar-refractivity contribution is 0.386. The van der Waals surface area contributed by atoms with Gasteiger partial charge in [0.1, 0.15) is 5.75 Å². The van der Waals surface area contributed by atoms with Crippen molar-refractivity contribution in [2.24, 2.45) is 0 Å². The van der Waals surface area contributed by atoms with Crippen LogP contribution < -0.4 is 9.47 Å². The van der Waals surface area contributed by atoms with Crippen LogP contribution in [0.25, 0.3) is 32.5 Å². The van der Waals surface area contributed by atoms with Crippen LogP contribution in [0, 0.1) is 5.82 Å². The molecule has 0 fully saturated rings. The Morgan fingerprint density at radius 2 is 1.48 bits per heavy atom. The maximum absolute atomic E-state index is 13.9. The van der Waals surface area contributed by atoms with Crippen molar-refractivity contribution in [3.05, 3.63) is 59.0 Å². The summed E-state index contributed by atoms with van der Waals surface area (Å²) >= 11 is 3.02. The second kappa shape index (κ2) is 7.46. The van der Waals surface area contributed by atoms with Gasteiger partial charge < -0.3 is 9.47 Å². The summed E-state index contributed by atoms with van der Waals surface area (Å²) in [5.74, 6) is 0.608. The van der Waals surface area contributed by atoms with Crippen LogP contribution in [0.1, 0.15) is 0 Å². The van der Waals surface area contributed by atoms with E-state index >= 15 is 0 Å². The maximum Gasteiger partial charge on any atom is 0.165 e. The third-order valence-electron chi connectivity index (χ3n) is 4.00. The number of rotatable bonds is 5. The molecular formula is C20H15FN2O2S2. The van der Waals surface area contributed by atoms with E-state index in [0.29, 0.717) is 5.56 Å². The quantitative estimate of drug-likeness (QED) is 0.429. The molecule has 27 heavy (non-hydrogen) atoms. The molecule has 2 aromatic carbocycles. The number of methoxy groups -OCH3 is 2. The Labute approximate surface area is 163 Å². The Morgan fingerprint density at radius 1 is 0.815 bits per heavy atom. The summed E-state index contributed by atoms with van der Waals surface area (Å²) in [5.41, 5.74) is 3.29. The fraction of sp³-hybridized carbons (Fsp3) is 0.100. The summed E-state index contributed by atoms with van der Waals surface area (Å²) < 4.78 is 24.2. The first kappa shape index (κ1) is 17.6. The van der Waals surface area contributed by atoms with Gasteiger partial charge in [0, 0.05) is 21.9 Å². The third-order valence-corrected chi connectivity index (χ3v) is 5.83. The second-order valence-electron chi connectivity index (χ2n) is 5.66. The lowest BCUT2D eigenvalue weighted by atomic mass is 10.1. The van der Waals surface area contributed by atoms with Crippen LogP contribution in [0.5, 0.6) is 11.5 Å². The van der Waals surface area contributed by atoms with Crippen molar-refractivity contribution in [3.8, 4) is 44.0 Å². The van der Waals surface area contributed by atoms with Crippen molar-refractivity contribution < 1.29 is 13.9 Å². The van der Waals surface area contributed by atoms with Crippen LogP contribution >= 0.6 is 22.7 Å². The normalized spacial score (nSPS) is 10.8. The molecule has 0 amide bonds. The summed E-state index contributed by atoms with van der Waals surface area (Å²) in [5, 5.41) is 5.54. The number of hydrogen-bond acceptors (Lipinski definition) is 6. The number of aromatic nitrogens is 2. The lowest BCUT2D eigenvalue weighted by Gasteiger charge is -2.02. The van der Waals surface area contributed by atoms with E-state index in [4.69, 9.17) is 14.5 Å². The molecule has 0 saturated heterocycles. The number of ether oxygens (including phenoxy) is 2. The van der Waals surface area contributed by atoms with E-state index in [1.165, 1.54) is 35.8 Å². The molecule has 4 rings (SSSR count). The largest absolute Gasteiger partial charge is 0.497 e. The summed E-state index contributed by atoms with van der Waals surface area (Å²) in [6.45, 7) is 0. The van der Waals surface area contributed by atoms with Gasteiger partial charge in [-0.3, -0.25) is 0 Å². The second-order valence-corrected chi connectivity index (χ2v) is 7.37. The van der Waals surface area contributed by atoms with E-state index < -0.39 is 5.82 Å². The molecular weight excluding hydrogens is 383 g/mol. The standard InChI is InChI=1S/C20H15FN2O2S2/c1-24-14-5-3-4-12(8-14)16-10-26-19(22-16)20-23-17(11-27-20)13-6-7-18(25-2)15(21)9-13/h3-11H,1-2H3. The molecule has 136 valence electrons. The zero-order chi connectivity index (χ0) is 18.8. The van der Waals surface area contributed by atoms with E-state index in [2.05, 4.69) is 4.98 Å². The van der Waals surface area contributed by atoms with Crippen molar-refractivity contribution in [1.29, 1.82) is 0 Å². The van der Waals surface area contributed by atoms with E-state index in [0.717, 1.165) is 32.7 Å². The molecule has 7 heteroatoms. The zero-order valence-corrected chi connectivity index (χ0v) is 16.2. The Kier molecular flexibility index (Phi) is 4.87. The molecule has 0 aliphatic carbocycles. The van der Waals surface area contributed by atoms with Gasteiger partial charge in [-0.05, 0) is 30.3 Å². The number of hydrogen-bond donors (Lipinski definition) is 0. The molecule has 0 aliphatic heterocycles. The molecule has 0 unspecified atom stereocenters. The van der Waals surface area contributed by atoms with Crippen molar-refractivity contribution in [1.82, 2.24) is 9.97 Å². The highest BCUT2D eigenvalue weighted by Gasteiger charge is 2.13. The third kappa shape index (κ3) is 3.56. The van der Waals surface area contributed by atoms with E-state index in [9.17, 15) is 4.39 Å². The van der Waals surface area contributed by atoms with Crippen LogP contribution in [0.2, 0.25) is 0 Å². The van der Waals surface area contributed by atoms with Gasteiger partial charge >= 0.3 is 0 Å². The van der Waals surface area contributed by atoms with Crippen molar-refractivity contribution in [2.75, 3.05) is 14.2 Å². The zero-order valence-electron chi connectivity index (χ0n) is 14.6. The van der Waals surface area contributed by atoms with Gasteiger partial charge in [0.15, 0.2) is 21.6 Å². The maximum atomic E-state index is 13.9.